The van der Waals surface area contributed by atoms with Crippen LogP contribution in [0, 0.1) is 5.41 Å². The molecule has 11 nitrogen and oxygen atoms in total. The Hall–Kier alpha value is -3.82. The van der Waals surface area contributed by atoms with Crippen LogP contribution in [0.5, 0.6) is 0 Å². The van der Waals surface area contributed by atoms with Gasteiger partial charge in [0.15, 0.2) is 18.4 Å². The van der Waals surface area contributed by atoms with Crippen LogP contribution in [0.2, 0.25) is 0 Å². The molecule has 0 aromatic heterocycles. The third-order valence-electron chi connectivity index (χ3n) is 9.27. The van der Waals surface area contributed by atoms with Gasteiger partial charge in [0.1, 0.15) is 29.8 Å². The van der Waals surface area contributed by atoms with Crippen LogP contribution in [-0.2, 0) is 57.6 Å². The lowest BCUT2D eigenvalue weighted by molar-refractivity contribution is -0.217. The highest BCUT2D eigenvalue weighted by atomic mass is 19.4. The number of hydrogen-bond donors (Lipinski definition) is 2. The minimum absolute atomic E-state index is 0.0392. The normalized spacial score (nSPS) is 30.7. The first-order chi connectivity index (χ1) is 22.0. The van der Waals surface area contributed by atoms with Crippen LogP contribution in [0.15, 0.2) is 54.6 Å². The second-order valence-electron chi connectivity index (χ2n) is 12.2. The van der Waals surface area contributed by atoms with Crippen molar-refractivity contribution in [2.45, 2.75) is 68.2 Å². The largest absolute Gasteiger partial charge is 0.458 e. The number of ether oxygens (including phenoxy) is 4. The van der Waals surface area contributed by atoms with Gasteiger partial charge in [-0.1, -0.05) is 48.5 Å². The molecule has 2 aromatic rings. The molecule has 2 aromatic carbocycles. The van der Waals surface area contributed by atoms with Crippen LogP contribution >= 0.6 is 0 Å². The first-order valence-corrected chi connectivity index (χ1v) is 15.0. The molecular formula is C32H31F3N2O9. The van der Waals surface area contributed by atoms with E-state index in [-0.39, 0.29) is 26.1 Å². The summed E-state index contributed by atoms with van der Waals surface area (Å²) in [5.74, 6) is -3.36. The SMILES string of the molecule is O=C(C=Cc1ccccc1CN1O[C@@H]2[C@H]3OC4(Cc5ccccc5C4)O[C@H]3[C@H]3C[C@]2(C(=O)NCCO)[C@@H]1C(=O)O3)OCC(F)(F)F. The maximum absolute atomic E-state index is 14.0. The summed E-state index contributed by atoms with van der Waals surface area (Å²) in [5, 5.41) is 13.6. The van der Waals surface area contributed by atoms with E-state index in [2.05, 4.69) is 10.1 Å². The zero-order valence-corrected chi connectivity index (χ0v) is 24.4. The molecule has 0 radical (unpaired) electrons. The zero-order valence-electron chi connectivity index (χ0n) is 24.4. The summed E-state index contributed by atoms with van der Waals surface area (Å²) >= 11 is 0. The number of alkyl halides is 3. The van der Waals surface area contributed by atoms with E-state index in [4.69, 9.17) is 19.0 Å². The van der Waals surface area contributed by atoms with E-state index in [0.29, 0.717) is 24.0 Å². The van der Waals surface area contributed by atoms with Crippen molar-refractivity contribution < 1.29 is 56.4 Å². The number of halogens is 3. The predicted octanol–water partition coefficient (Wildman–Crippen LogP) is 1.99. The van der Waals surface area contributed by atoms with Gasteiger partial charge in [0.2, 0.25) is 5.91 Å². The Morgan fingerprint density at radius 3 is 2.48 bits per heavy atom. The number of hydrogen-bond acceptors (Lipinski definition) is 10. The lowest BCUT2D eigenvalue weighted by atomic mass is 9.62. The van der Waals surface area contributed by atoms with Crippen molar-refractivity contribution in [3.05, 3.63) is 76.9 Å². The summed E-state index contributed by atoms with van der Waals surface area (Å²) in [6.45, 7) is -2.12. The lowest BCUT2D eigenvalue weighted by Crippen LogP contribution is -2.69. The molecule has 5 aliphatic rings. The first-order valence-electron chi connectivity index (χ1n) is 15.0. The van der Waals surface area contributed by atoms with Crippen molar-refractivity contribution in [3.63, 3.8) is 0 Å². The molecule has 1 spiro atoms. The highest BCUT2D eigenvalue weighted by molar-refractivity contribution is 5.93. The summed E-state index contributed by atoms with van der Waals surface area (Å²) in [5.41, 5.74) is 1.71. The van der Waals surface area contributed by atoms with Gasteiger partial charge in [-0.25, -0.2) is 4.79 Å². The van der Waals surface area contributed by atoms with E-state index in [1.54, 1.807) is 24.3 Å². The average molecular weight is 645 g/mol. The smallest absolute Gasteiger partial charge is 0.422 e. The van der Waals surface area contributed by atoms with Gasteiger partial charge in [-0.05, 0) is 28.3 Å². The summed E-state index contributed by atoms with van der Waals surface area (Å²) in [6.07, 6.45) is -4.62. The molecule has 0 unspecified atom stereocenters. The molecule has 2 bridgehead atoms. The number of amides is 1. The Morgan fingerprint density at radius 1 is 1.07 bits per heavy atom. The van der Waals surface area contributed by atoms with Gasteiger partial charge >= 0.3 is 18.1 Å². The molecule has 244 valence electrons. The van der Waals surface area contributed by atoms with Gasteiger partial charge in [0, 0.05) is 31.9 Å². The van der Waals surface area contributed by atoms with Crippen molar-refractivity contribution in [2.75, 3.05) is 19.8 Å². The van der Waals surface area contributed by atoms with Crippen LogP contribution in [-0.4, -0.2) is 90.2 Å². The molecule has 3 aliphatic heterocycles. The molecular weight excluding hydrogens is 613 g/mol. The van der Waals surface area contributed by atoms with E-state index >= 15 is 0 Å². The molecule has 2 aliphatic carbocycles. The molecule has 2 N–H and O–H groups in total. The number of esters is 2. The molecule has 3 saturated heterocycles. The number of carbonyl (C=O) groups is 3. The lowest BCUT2D eigenvalue weighted by Gasteiger charge is -2.48. The Morgan fingerprint density at radius 2 is 1.76 bits per heavy atom. The second-order valence-corrected chi connectivity index (χ2v) is 12.2. The topological polar surface area (TPSA) is 133 Å². The summed E-state index contributed by atoms with van der Waals surface area (Å²) in [6, 6.07) is 13.4. The Labute approximate surface area is 261 Å². The number of nitrogens with one attached hydrogen (secondary N) is 1. The Bertz CT molecular complexity index is 1560. The van der Waals surface area contributed by atoms with E-state index in [1.807, 2.05) is 24.3 Å². The Balaban J connectivity index is 1.19. The van der Waals surface area contributed by atoms with Gasteiger partial charge in [-0.3, -0.25) is 14.4 Å². The van der Waals surface area contributed by atoms with Crippen LogP contribution < -0.4 is 5.32 Å². The summed E-state index contributed by atoms with van der Waals surface area (Å²) < 4.78 is 60.8. The molecule has 4 fully saturated rings. The van der Waals surface area contributed by atoms with Crippen molar-refractivity contribution in [1.29, 1.82) is 0 Å². The molecule has 14 heteroatoms. The van der Waals surface area contributed by atoms with E-state index < -0.39 is 72.3 Å². The maximum Gasteiger partial charge on any atom is 0.422 e. The van der Waals surface area contributed by atoms with Gasteiger partial charge in [-0.2, -0.15) is 18.2 Å². The van der Waals surface area contributed by atoms with E-state index in [0.717, 1.165) is 17.2 Å². The molecule has 7 rings (SSSR count). The number of benzene rings is 2. The number of rotatable bonds is 8. The van der Waals surface area contributed by atoms with Crippen molar-refractivity contribution in [3.8, 4) is 0 Å². The number of fused-ring (bicyclic) bond motifs is 5. The number of carbonyl (C=O) groups excluding carboxylic acids is 3. The van der Waals surface area contributed by atoms with Gasteiger partial charge in [-0.15, -0.1) is 0 Å². The maximum atomic E-state index is 14.0. The van der Waals surface area contributed by atoms with Crippen LogP contribution in [0.1, 0.15) is 28.7 Å². The Kier molecular flexibility index (Phi) is 7.67. The molecule has 46 heavy (non-hydrogen) atoms. The number of hydroxylamine groups is 2. The first kappa shape index (κ1) is 30.8. The zero-order chi connectivity index (χ0) is 32.3. The fourth-order valence-corrected chi connectivity index (χ4v) is 7.46. The minimum Gasteiger partial charge on any atom is -0.458 e. The quantitative estimate of drug-likeness (QED) is 0.325. The fourth-order valence-electron chi connectivity index (χ4n) is 7.46. The third kappa shape index (κ3) is 5.27. The molecule has 3 heterocycles. The summed E-state index contributed by atoms with van der Waals surface area (Å²) in [7, 11) is 0. The highest BCUT2D eigenvalue weighted by Crippen LogP contribution is 2.58. The number of aliphatic hydroxyl groups excluding tert-OH is 1. The van der Waals surface area contributed by atoms with Crippen LogP contribution in [0.25, 0.3) is 6.08 Å². The molecule has 1 amide bonds. The predicted molar refractivity (Wildman–Crippen MR) is 150 cm³/mol. The fraction of sp³-hybridized carbons (Fsp3) is 0.469. The summed E-state index contributed by atoms with van der Waals surface area (Å²) in [4.78, 5) is 46.1. The van der Waals surface area contributed by atoms with Gasteiger partial charge < -0.3 is 29.4 Å². The standard InChI is InChI=1S/C32H31F3N2O9/c33-32(34,35)17-42-23(39)10-9-18-5-1-4-8-21(18)16-37-26-28(40)43-22-15-31(26,29(41)36-11-12-38)27(46-37)25-24(22)44-30(45-25)13-19-6-2-3-7-20(19)14-30/h1-10,22,24-27,38H,11-17H2,(H,36,41)/t22-,24+,25+,26+,27-,31+/m1/s1. The molecule has 6 atom stereocenters. The number of aliphatic hydroxyl groups is 1. The highest BCUT2D eigenvalue weighted by Gasteiger charge is 2.76. The number of nitrogens with zero attached hydrogens (tertiary/aromatic N) is 1. The monoisotopic (exact) mass is 644 g/mol. The average Bonchev–Trinajstić information content (AvgIpc) is 3.69. The van der Waals surface area contributed by atoms with E-state index in [1.165, 1.54) is 11.1 Å². The van der Waals surface area contributed by atoms with Gasteiger partial charge in [0.25, 0.3) is 0 Å². The van der Waals surface area contributed by atoms with E-state index in [9.17, 15) is 32.7 Å². The van der Waals surface area contributed by atoms with Gasteiger partial charge in [0.05, 0.1) is 13.2 Å². The molecule has 1 saturated carbocycles. The van der Waals surface area contributed by atoms with Crippen LogP contribution in [0.4, 0.5) is 13.2 Å². The van der Waals surface area contributed by atoms with Crippen molar-refractivity contribution in [1.82, 2.24) is 10.4 Å². The van der Waals surface area contributed by atoms with Crippen LogP contribution in [0.3, 0.4) is 0 Å². The minimum atomic E-state index is -4.66. The van der Waals surface area contributed by atoms with Crippen molar-refractivity contribution >= 4 is 23.9 Å². The third-order valence-corrected chi connectivity index (χ3v) is 9.27. The van der Waals surface area contributed by atoms with Crippen molar-refractivity contribution in [2.24, 2.45) is 5.41 Å². The second kappa shape index (κ2) is 11.5.